The Bertz CT molecular complexity index is 684. The molecule has 2 N–H and O–H groups in total. The van der Waals surface area contributed by atoms with Gasteiger partial charge in [0.2, 0.25) is 0 Å². The highest BCUT2D eigenvalue weighted by Gasteiger charge is 2.04. The smallest absolute Gasteiger partial charge is 0.190 e. The minimum atomic E-state index is -0.451. The molecule has 0 saturated carbocycles. The van der Waals surface area contributed by atoms with Crippen molar-refractivity contribution in [1.82, 2.24) is 10.6 Å². The average molecular weight is 335 g/mol. The second kappa shape index (κ2) is 8.96. The fraction of sp³-hybridized carbons (Fsp3) is 0.278. The Morgan fingerprint density at radius 1 is 0.875 bits per heavy atom. The lowest BCUT2D eigenvalue weighted by Gasteiger charge is -2.12. The van der Waals surface area contributed by atoms with E-state index in [2.05, 4.69) is 15.6 Å². The normalized spacial score (nSPS) is 11.4. The van der Waals surface area contributed by atoms with Crippen LogP contribution in [-0.4, -0.2) is 26.1 Å². The molecule has 0 aliphatic rings. The summed E-state index contributed by atoms with van der Waals surface area (Å²) in [4.78, 5) is 4.07. The van der Waals surface area contributed by atoms with E-state index in [-0.39, 0.29) is 5.82 Å². The average Bonchev–Trinajstić information content (AvgIpc) is 2.58. The van der Waals surface area contributed by atoms with Gasteiger partial charge in [-0.1, -0.05) is 12.1 Å². The van der Waals surface area contributed by atoms with Crippen molar-refractivity contribution >= 4 is 5.96 Å². The number of hydrogen-bond acceptors (Lipinski definition) is 1. The summed E-state index contributed by atoms with van der Waals surface area (Å²) < 4.78 is 39.5. The molecule has 0 aliphatic carbocycles. The summed E-state index contributed by atoms with van der Waals surface area (Å²) in [6.45, 7) is 1.05. The number of nitrogens with zero attached hydrogens (tertiary/aromatic N) is 1. The Labute approximate surface area is 139 Å². The highest BCUT2D eigenvalue weighted by molar-refractivity contribution is 5.79. The van der Waals surface area contributed by atoms with Crippen LogP contribution >= 0.6 is 0 Å². The molecule has 0 amide bonds. The third-order valence-corrected chi connectivity index (χ3v) is 3.54. The third-order valence-electron chi connectivity index (χ3n) is 3.54. The van der Waals surface area contributed by atoms with Gasteiger partial charge in [-0.15, -0.1) is 0 Å². The number of halogens is 3. The van der Waals surface area contributed by atoms with Crippen LogP contribution in [0, 0.1) is 17.5 Å². The van der Waals surface area contributed by atoms with Gasteiger partial charge in [-0.3, -0.25) is 4.99 Å². The van der Waals surface area contributed by atoms with Gasteiger partial charge in [0.15, 0.2) is 5.96 Å². The van der Waals surface area contributed by atoms with Gasteiger partial charge in [0.25, 0.3) is 0 Å². The highest BCUT2D eigenvalue weighted by atomic mass is 19.1. The fourth-order valence-corrected chi connectivity index (χ4v) is 2.25. The van der Waals surface area contributed by atoms with Crippen molar-refractivity contribution in [2.75, 3.05) is 20.1 Å². The minimum absolute atomic E-state index is 0.256. The Hall–Kier alpha value is -2.50. The molecule has 3 nitrogen and oxygen atoms in total. The zero-order valence-electron chi connectivity index (χ0n) is 13.5. The summed E-state index contributed by atoms with van der Waals surface area (Å²) >= 11 is 0. The van der Waals surface area contributed by atoms with Crippen molar-refractivity contribution in [3.05, 3.63) is 71.0 Å². The highest BCUT2D eigenvalue weighted by Crippen LogP contribution is 2.09. The van der Waals surface area contributed by atoms with Crippen molar-refractivity contribution in [3.8, 4) is 0 Å². The number of aliphatic imine (C=N–C) groups is 1. The number of guanidine groups is 1. The molecule has 0 bridgehead atoms. The molecule has 2 rings (SSSR count). The summed E-state index contributed by atoms with van der Waals surface area (Å²) in [5.74, 6) is -0.548. The van der Waals surface area contributed by atoms with Gasteiger partial charge in [0.05, 0.1) is 0 Å². The van der Waals surface area contributed by atoms with E-state index < -0.39 is 11.6 Å². The summed E-state index contributed by atoms with van der Waals surface area (Å²) in [5.41, 5.74) is 1.34. The van der Waals surface area contributed by atoms with E-state index in [4.69, 9.17) is 0 Å². The summed E-state index contributed by atoms with van der Waals surface area (Å²) in [5, 5.41) is 6.17. The second-order valence-corrected chi connectivity index (χ2v) is 5.29. The van der Waals surface area contributed by atoms with Gasteiger partial charge in [-0.2, -0.15) is 0 Å². The fourth-order valence-electron chi connectivity index (χ4n) is 2.25. The van der Waals surface area contributed by atoms with Crippen molar-refractivity contribution in [1.29, 1.82) is 0 Å². The molecule has 0 fully saturated rings. The lowest BCUT2D eigenvalue weighted by Crippen LogP contribution is -2.39. The largest absolute Gasteiger partial charge is 0.356 e. The first-order valence-corrected chi connectivity index (χ1v) is 7.71. The zero-order valence-corrected chi connectivity index (χ0v) is 13.5. The number of rotatable bonds is 6. The molecule has 24 heavy (non-hydrogen) atoms. The summed E-state index contributed by atoms with van der Waals surface area (Å²) in [7, 11) is 1.63. The Kier molecular flexibility index (Phi) is 6.66. The van der Waals surface area contributed by atoms with E-state index in [0.29, 0.717) is 31.0 Å². The number of hydrogen-bond donors (Lipinski definition) is 2. The lowest BCUT2D eigenvalue weighted by molar-refractivity contribution is 0.583. The van der Waals surface area contributed by atoms with E-state index in [0.717, 1.165) is 24.1 Å². The minimum Gasteiger partial charge on any atom is -0.356 e. The van der Waals surface area contributed by atoms with E-state index in [1.807, 2.05) is 0 Å². The maximum atomic E-state index is 13.5. The van der Waals surface area contributed by atoms with Gasteiger partial charge in [0, 0.05) is 20.1 Å². The molecule has 0 unspecified atom stereocenters. The molecule has 0 aromatic heterocycles. The molecule has 0 aliphatic heterocycles. The van der Waals surface area contributed by atoms with Crippen LogP contribution in [0.5, 0.6) is 0 Å². The maximum Gasteiger partial charge on any atom is 0.190 e. The summed E-state index contributed by atoms with van der Waals surface area (Å²) in [6.07, 6.45) is 1.07. The van der Waals surface area contributed by atoms with E-state index in [9.17, 15) is 13.2 Å². The third kappa shape index (κ3) is 5.61. The number of benzene rings is 2. The topological polar surface area (TPSA) is 36.4 Å². The van der Waals surface area contributed by atoms with Gasteiger partial charge >= 0.3 is 0 Å². The van der Waals surface area contributed by atoms with Crippen molar-refractivity contribution < 1.29 is 13.2 Å². The van der Waals surface area contributed by atoms with E-state index >= 15 is 0 Å². The van der Waals surface area contributed by atoms with Crippen molar-refractivity contribution in [2.45, 2.75) is 12.8 Å². The molecule has 128 valence electrons. The Balaban J connectivity index is 1.74. The predicted molar refractivity (Wildman–Crippen MR) is 89.5 cm³/mol. The van der Waals surface area contributed by atoms with Gasteiger partial charge in [-0.05, 0) is 54.3 Å². The van der Waals surface area contributed by atoms with Crippen molar-refractivity contribution in [2.24, 2.45) is 4.99 Å². The molecule has 2 aromatic carbocycles. The van der Waals surface area contributed by atoms with Crippen molar-refractivity contribution in [3.63, 3.8) is 0 Å². The standard InChI is InChI=1S/C18H20F3N3/c1-22-18(23-10-8-13-2-4-15(19)5-3-13)24-11-9-14-12-16(20)6-7-17(14)21/h2-7,12H,8-11H2,1H3,(H2,22,23,24). The van der Waals surface area contributed by atoms with E-state index in [1.165, 1.54) is 18.2 Å². The van der Waals surface area contributed by atoms with Crippen LogP contribution in [0.25, 0.3) is 0 Å². The first-order chi connectivity index (χ1) is 11.6. The molecule has 0 saturated heterocycles. The molecular weight excluding hydrogens is 315 g/mol. The van der Waals surface area contributed by atoms with Crippen LogP contribution in [0.2, 0.25) is 0 Å². The van der Waals surface area contributed by atoms with Crippen LogP contribution in [0.15, 0.2) is 47.5 Å². The summed E-state index contributed by atoms with van der Waals surface area (Å²) in [6, 6.07) is 9.75. The SMILES string of the molecule is CN=C(NCCc1ccc(F)cc1)NCCc1cc(F)ccc1F. The van der Waals surface area contributed by atoms with Crippen LogP contribution in [-0.2, 0) is 12.8 Å². The van der Waals surface area contributed by atoms with Crippen LogP contribution < -0.4 is 10.6 Å². The molecular formula is C18H20F3N3. The first-order valence-electron chi connectivity index (χ1n) is 7.71. The molecule has 0 radical (unpaired) electrons. The second-order valence-electron chi connectivity index (χ2n) is 5.29. The monoisotopic (exact) mass is 335 g/mol. The quantitative estimate of drug-likeness (QED) is 0.629. The maximum absolute atomic E-state index is 13.5. The van der Waals surface area contributed by atoms with Gasteiger partial charge in [0.1, 0.15) is 17.5 Å². The molecule has 2 aromatic rings. The Morgan fingerprint density at radius 2 is 1.50 bits per heavy atom. The zero-order chi connectivity index (χ0) is 17.4. The van der Waals surface area contributed by atoms with Crippen LogP contribution in [0.4, 0.5) is 13.2 Å². The van der Waals surface area contributed by atoms with Gasteiger partial charge in [-0.25, -0.2) is 13.2 Å². The van der Waals surface area contributed by atoms with Gasteiger partial charge < -0.3 is 10.6 Å². The predicted octanol–water partition coefficient (Wildman–Crippen LogP) is 3.05. The van der Waals surface area contributed by atoms with Crippen LogP contribution in [0.1, 0.15) is 11.1 Å². The Morgan fingerprint density at radius 3 is 2.17 bits per heavy atom. The molecule has 0 atom stereocenters. The van der Waals surface area contributed by atoms with Crippen LogP contribution in [0.3, 0.4) is 0 Å². The number of nitrogens with one attached hydrogen (secondary N) is 2. The lowest BCUT2D eigenvalue weighted by atomic mass is 10.1. The molecule has 0 heterocycles. The first kappa shape index (κ1) is 17.8. The molecule has 0 spiro atoms. The molecule has 6 heteroatoms. The van der Waals surface area contributed by atoms with E-state index in [1.54, 1.807) is 19.2 Å².